The standard InChI is InChI=1S/C7H8O5S/c1-4-3-5(13(9)10)12-6(4)7(8)11-2/h3H,1-2H3,(H,9,10). The zero-order valence-corrected chi connectivity index (χ0v) is 7.88. The van der Waals surface area contributed by atoms with Crippen molar-refractivity contribution in [3.8, 4) is 0 Å². The van der Waals surface area contributed by atoms with E-state index in [9.17, 15) is 9.00 Å². The predicted octanol–water partition coefficient (Wildman–Crippen LogP) is 0.955. The molecule has 1 heterocycles. The number of furan rings is 1. The van der Waals surface area contributed by atoms with Gasteiger partial charge in [0.2, 0.25) is 21.9 Å². The maximum absolute atomic E-state index is 11.0. The van der Waals surface area contributed by atoms with Crippen LogP contribution in [-0.4, -0.2) is 21.8 Å². The van der Waals surface area contributed by atoms with E-state index in [1.807, 2.05) is 0 Å². The summed E-state index contributed by atoms with van der Waals surface area (Å²) in [5.74, 6) is -0.700. The molecule has 1 unspecified atom stereocenters. The number of esters is 1. The first kappa shape index (κ1) is 9.94. The summed E-state index contributed by atoms with van der Waals surface area (Å²) in [7, 11) is 1.21. The van der Waals surface area contributed by atoms with Crippen LogP contribution >= 0.6 is 0 Å². The Morgan fingerprint density at radius 3 is 2.69 bits per heavy atom. The molecule has 0 saturated carbocycles. The van der Waals surface area contributed by atoms with E-state index in [1.54, 1.807) is 6.92 Å². The summed E-state index contributed by atoms with van der Waals surface area (Å²) >= 11 is -2.21. The van der Waals surface area contributed by atoms with Crippen LogP contribution in [0.5, 0.6) is 0 Å². The van der Waals surface area contributed by atoms with Gasteiger partial charge in [0.15, 0.2) is 0 Å². The van der Waals surface area contributed by atoms with Crippen molar-refractivity contribution in [1.82, 2.24) is 0 Å². The number of carbonyl (C=O) groups is 1. The molecule has 13 heavy (non-hydrogen) atoms. The first-order chi connectivity index (χ1) is 6.06. The van der Waals surface area contributed by atoms with Crippen LogP contribution in [0.4, 0.5) is 0 Å². The van der Waals surface area contributed by atoms with Crippen molar-refractivity contribution in [2.24, 2.45) is 0 Å². The van der Waals surface area contributed by atoms with Gasteiger partial charge in [-0.25, -0.2) is 9.00 Å². The van der Waals surface area contributed by atoms with Crippen LogP contribution in [0, 0.1) is 6.92 Å². The number of aryl methyl sites for hydroxylation is 1. The summed E-state index contributed by atoms with van der Waals surface area (Å²) in [4.78, 5) is 11.0. The SMILES string of the molecule is COC(=O)c1oc(S(=O)O)cc1C. The second-order valence-corrected chi connectivity index (χ2v) is 3.22. The molecule has 0 saturated heterocycles. The fraction of sp³-hybridized carbons (Fsp3) is 0.286. The third-order valence-electron chi connectivity index (χ3n) is 1.44. The maximum atomic E-state index is 11.0. The Kier molecular flexibility index (Phi) is 2.84. The van der Waals surface area contributed by atoms with E-state index in [0.29, 0.717) is 5.56 Å². The van der Waals surface area contributed by atoms with E-state index in [-0.39, 0.29) is 10.9 Å². The Morgan fingerprint density at radius 2 is 2.31 bits per heavy atom. The third-order valence-corrected chi connectivity index (χ3v) is 1.98. The Morgan fingerprint density at radius 1 is 1.69 bits per heavy atom. The molecule has 1 aromatic rings. The predicted molar refractivity (Wildman–Crippen MR) is 43.8 cm³/mol. The van der Waals surface area contributed by atoms with Gasteiger partial charge in [-0.3, -0.25) is 4.55 Å². The minimum Gasteiger partial charge on any atom is -0.463 e. The second kappa shape index (κ2) is 3.71. The molecular weight excluding hydrogens is 196 g/mol. The molecule has 0 radical (unpaired) electrons. The summed E-state index contributed by atoms with van der Waals surface area (Å²) in [6.45, 7) is 1.59. The molecule has 6 heteroatoms. The summed E-state index contributed by atoms with van der Waals surface area (Å²) in [5.41, 5.74) is 0.476. The molecule has 0 fully saturated rings. The number of carbonyl (C=O) groups excluding carboxylic acids is 1. The maximum Gasteiger partial charge on any atom is 0.374 e. The summed E-state index contributed by atoms with van der Waals surface area (Å²) in [6.07, 6.45) is 0. The van der Waals surface area contributed by atoms with Gasteiger partial charge in [0.25, 0.3) is 0 Å². The minimum absolute atomic E-state index is 0.0418. The van der Waals surface area contributed by atoms with Crippen LogP contribution in [0.25, 0.3) is 0 Å². The smallest absolute Gasteiger partial charge is 0.374 e. The average Bonchev–Trinajstić information content (AvgIpc) is 2.46. The Balaban J connectivity index is 3.10. The molecule has 0 aliphatic heterocycles. The van der Waals surface area contributed by atoms with Gasteiger partial charge in [0.05, 0.1) is 7.11 Å². The second-order valence-electron chi connectivity index (χ2n) is 2.32. The van der Waals surface area contributed by atoms with Gasteiger partial charge < -0.3 is 9.15 Å². The number of methoxy groups -OCH3 is 1. The highest BCUT2D eigenvalue weighted by molar-refractivity contribution is 7.79. The van der Waals surface area contributed by atoms with E-state index < -0.39 is 17.0 Å². The van der Waals surface area contributed by atoms with Gasteiger partial charge in [0.1, 0.15) is 0 Å². The fourth-order valence-corrected chi connectivity index (χ4v) is 1.27. The van der Waals surface area contributed by atoms with Crippen molar-refractivity contribution in [2.75, 3.05) is 7.11 Å². The fourth-order valence-electron chi connectivity index (χ4n) is 0.834. The van der Waals surface area contributed by atoms with E-state index in [1.165, 1.54) is 13.2 Å². The molecule has 0 aliphatic carbocycles. The highest BCUT2D eigenvalue weighted by Crippen LogP contribution is 2.17. The third kappa shape index (κ3) is 1.96. The van der Waals surface area contributed by atoms with Gasteiger partial charge >= 0.3 is 5.97 Å². The molecule has 1 atom stereocenters. The average molecular weight is 204 g/mol. The number of hydrogen-bond donors (Lipinski definition) is 1. The van der Waals surface area contributed by atoms with Crippen molar-refractivity contribution in [2.45, 2.75) is 12.0 Å². The van der Waals surface area contributed by atoms with Gasteiger partial charge in [-0.15, -0.1) is 0 Å². The molecule has 0 aliphatic rings. The molecule has 0 aromatic carbocycles. The quantitative estimate of drug-likeness (QED) is 0.573. The van der Waals surface area contributed by atoms with Crippen molar-refractivity contribution in [1.29, 1.82) is 0 Å². The zero-order valence-electron chi connectivity index (χ0n) is 7.07. The highest BCUT2D eigenvalue weighted by Gasteiger charge is 2.18. The summed E-state index contributed by atoms with van der Waals surface area (Å²) in [6, 6.07) is 1.32. The van der Waals surface area contributed by atoms with Crippen molar-refractivity contribution < 1.29 is 22.7 Å². The number of ether oxygens (including phenoxy) is 1. The molecule has 1 rings (SSSR count). The normalized spacial score (nSPS) is 12.5. The van der Waals surface area contributed by atoms with Crippen LogP contribution in [0.1, 0.15) is 16.1 Å². The van der Waals surface area contributed by atoms with E-state index in [4.69, 9.17) is 8.97 Å². The lowest BCUT2D eigenvalue weighted by Crippen LogP contribution is -2.00. The largest absolute Gasteiger partial charge is 0.463 e. The lowest BCUT2D eigenvalue weighted by Gasteiger charge is -1.93. The molecule has 0 amide bonds. The molecule has 1 aromatic heterocycles. The van der Waals surface area contributed by atoms with Crippen LogP contribution in [0.3, 0.4) is 0 Å². The van der Waals surface area contributed by atoms with E-state index in [0.717, 1.165) is 0 Å². The van der Waals surface area contributed by atoms with E-state index >= 15 is 0 Å². The first-order valence-corrected chi connectivity index (χ1v) is 4.46. The molecule has 0 bridgehead atoms. The van der Waals surface area contributed by atoms with Crippen LogP contribution < -0.4 is 0 Å². The van der Waals surface area contributed by atoms with Crippen molar-refractivity contribution in [3.63, 3.8) is 0 Å². The molecular formula is C7H8O5S. The lowest BCUT2D eigenvalue weighted by molar-refractivity contribution is 0.0558. The van der Waals surface area contributed by atoms with Crippen LogP contribution in [0.15, 0.2) is 15.6 Å². The van der Waals surface area contributed by atoms with Gasteiger partial charge in [-0.05, 0) is 13.0 Å². The van der Waals surface area contributed by atoms with Gasteiger partial charge in [-0.2, -0.15) is 0 Å². The Bertz CT molecular complexity index is 354. The Hall–Kier alpha value is -1.14. The Labute approximate surface area is 77.0 Å². The summed E-state index contributed by atoms with van der Waals surface area (Å²) in [5, 5.41) is -0.155. The van der Waals surface area contributed by atoms with Crippen molar-refractivity contribution in [3.05, 3.63) is 17.4 Å². The monoisotopic (exact) mass is 204 g/mol. The van der Waals surface area contributed by atoms with Crippen LogP contribution in [0.2, 0.25) is 0 Å². The van der Waals surface area contributed by atoms with Crippen LogP contribution in [-0.2, 0) is 15.8 Å². The molecule has 72 valence electrons. The first-order valence-electron chi connectivity index (χ1n) is 3.36. The number of hydrogen-bond acceptors (Lipinski definition) is 4. The lowest BCUT2D eigenvalue weighted by atomic mass is 10.3. The highest BCUT2D eigenvalue weighted by atomic mass is 32.2. The zero-order chi connectivity index (χ0) is 10.0. The van der Waals surface area contributed by atoms with Gasteiger partial charge in [-0.1, -0.05) is 0 Å². The van der Waals surface area contributed by atoms with Gasteiger partial charge in [0, 0.05) is 5.56 Å². The molecule has 0 spiro atoms. The topological polar surface area (TPSA) is 76.7 Å². The molecule has 1 N–H and O–H groups in total. The summed E-state index contributed by atoms with van der Waals surface area (Å²) < 4.78 is 28.4. The minimum atomic E-state index is -2.21. The van der Waals surface area contributed by atoms with Crippen molar-refractivity contribution >= 4 is 17.0 Å². The van der Waals surface area contributed by atoms with E-state index in [2.05, 4.69) is 4.74 Å². The number of rotatable bonds is 2. The molecule has 5 nitrogen and oxygen atoms in total.